The molecule has 0 atom stereocenters. The molecular weight excluding hydrogens is 823 g/mol. The average molecular weight is 860 g/mol. The van der Waals surface area contributed by atoms with Gasteiger partial charge in [-0.2, -0.15) is 0 Å². The van der Waals surface area contributed by atoms with E-state index < -0.39 is 10.8 Å². The van der Waals surface area contributed by atoms with Gasteiger partial charge in [-0.15, -0.1) is 11.3 Å². The van der Waals surface area contributed by atoms with Crippen LogP contribution in [-0.2, 0) is 10.8 Å². The lowest BCUT2D eigenvalue weighted by Crippen LogP contribution is -2.34. The molecule has 0 bridgehead atoms. The Morgan fingerprint density at radius 1 is 0.333 bits per heavy atom. The van der Waals surface area contributed by atoms with E-state index in [1.165, 1.54) is 64.7 Å². The van der Waals surface area contributed by atoms with Gasteiger partial charge in [0.05, 0.1) is 22.2 Å². The summed E-state index contributed by atoms with van der Waals surface area (Å²) in [6.45, 7) is 0. The fraction of sp³-hybridized carbons (Fsp3) is 0.0323. The van der Waals surface area contributed by atoms with Crippen molar-refractivity contribution in [1.29, 1.82) is 0 Å². The molecule has 308 valence electrons. The lowest BCUT2D eigenvalue weighted by atomic mass is 9.65. The standard InChI is InChI=1S/C62H37NO2S/c1-6-22-44-39(17-1)40-18-2-7-23-45(40)61(44)48-26-10-12-30-53(48)64-55-36-35-38(37-50(55)61)63(51-28-16-34-58-59(51)43-21-5-14-33-57(43)66-58)52-29-15-32-56-60(52)62(49-27-11-13-31-54(49)65-56)46-24-8-3-19-41(46)42-20-4-9-25-47(42)62/h1-37H. The highest BCUT2D eigenvalue weighted by molar-refractivity contribution is 7.26. The van der Waals surface area contributed by atoms with Crippen molar-refractivity contribution in [3.63, 3.8) is 0 Å². The minimum absolute atomic E-state index is 0.636. The highest BCUT2D eigenvalue weighted by atomic mass is 32.1. The molecule has 11 aromatic rings. The van der Waals surface area contributed by atoms with Crippen LogP contribution in [0.2, 0.25) is 0 Å². The van der Waals surface area contributed by atoms with Crippen molar-refractivity contribution in [2.45, 2.75) is 10.8 Å². The van der Waals surface area contributed by atoms with E-state index in [-0.39, 0.29) is 0 Å². The van der Waals surface area contributed by atoms with Gasteiger partial charge in [0, 0.05) is 48.1 Å². The molecule has 10 aromatic carbocycles. The Labute approximate surface area is 386 Å². The monoisotopic (exact) mass is 859 g/mol. The van der Waals surface area contributed by atoms with Crippen molar-refractivity contribution in [2.75, 3.05) is 4.90 Å². The molecule has 3 nitrogen and oxygen atoms in total. The van der Waals surface area contributed by atoms with Crippen LogP contribution in [-0.4, -0.2) is 0 Å². The summed E-state index contributed by atoms with van der Waals surface area (Å²) >= 11 is 1.85. The predicted octanol–water partition coefficient (Wildman–Crippen LogP) is 16.5. The zero-order valence-electron chi connectivity index (χ0n) is 35.5. The van der Waals surface area contributed by atoms with E-state index >= 15 is 0 Å². The van der Waals surface area contributed by atoms with E-state index in [0.717, 1.165) is 62.3 Å². The lowest BCUT2D eigenvalue weighted by molar-refractivity contribution is 0.436. The summed E-state index contributed by atoms with van der Waals surface area (Å²) in [5, 5.41) is 2.46. The first-order valence-electron chi connectivity index (χ1n) is 22.7. The van der Waals surface area contributed by atoms with Crippen LogP contribution in [0.5, 0.6) is 23.0 Å². The third-order valence-corrected chi connectivity index (χ3v) is 15.9. The van der Waals surface area contributed by atoms with Gasteiger partial charge < -0.3 is 14.4 Å². The quantitative estimate of drug-likeness (QED) is 0.177. The molecule has 2 spiro atoms. The zero-order valence-corrected chi connectivity index (χ0v) is 36.4. The number of nitrogens with zero attached hydrogens (tertiary/aromatic N) is 1. The molecule has 0 saturated heterocycles. The molecule has 2 aliphatic heterocycles. The topological polar surface area (TPSA) is 21.7 Å². The highest BCUT2D eigenvalue weighted by Gasteiger charge is 2.54. The summed E-state index contributed by atoms with van der Waals surface area (Å²) in [5.74, 6) is 3.45. The molecule has 4 aliphatic rings. The SMILES string of the molecule is c1ccc2c(c1)Oc1ccc(N(c3cccc4c3C3(c5ccccc5O4)c4ccccc4-c4ccccc43)c3cccc4sc5ccccc5c34)cc1C21c2ccccc2-c2ccccc21. The van der Waals surface area contributed by atoms with E-state index in [1.807, 2.05) is 11.3 Å². The van der Waals surface area contributed by atoms with Crippen molar-refractivity contribution in [3.8, 4) is 45.3 Å². The van der Waals surface area contributed by atoms with Crippen molar-refractivity contribution < 1.29 is 9.47 Å². The Kier molecular flexibility index (Phi) is 7.24. The van der Waals surface area contributed by atoms with Crippen molar-refractivity contribution >= 4 is 48.6 Å². The molecule has 4 heteroatoms. The smallest absolute Gasteiger partial charge is 0.134 e. The normalized spacial score (nSPS) is 14.5. The fourth-order valence-electron chi connectivity index (χ4n) is 12.4. The van der Waals surface area contributed by atoms with Gasteiger partial charge in [-0.05, 0) is 105 Å². The molecule has 0 amide bonds. The average Bonchev–Trinajstić information content (AvgIpc) is 4.00. The first-order valence-corrected chi connectivity index (χ1v) is 23.5. The second-order valence-corrected chi connectivity index (χ2v) is 18.9. The minimum atomic E-state index is -0.697. The van der Waals surface area contributed by atoms with Crippen LogP contribution in [0.15, 0.2) is 224 Å². The number of hydrogen-bond donors (Lipinski definition) is 0. The summed E-state index contributed by atoms with van der Waals surface area (Å²) in [4.78, 5) is 2.53. The van der Waals surface area contributed by atoms with Gasteiger partial charge in [-0.3, -0.25) is 0 Å². The van der Waals surface area contributed by atoms with Crippen molar-refractivity contribution in [2.24, 2.45) is 0 Å². The van der Waals surface area contributed by atoms with Gasteiger partial charge >= 0.3 is 0 Å². The Morgan fingerprint density at radius 3 is 1.44 bits per heavy atom. The number of hydrogen-bond acceptors (Lipinski definition) is 4. The van der Waals surface area contributed by atoms with Crippen LogP contribution in [0.25, 0.3) is 42.4 Å². The number of ether oxygens (including phenoxy) is 2. The van der Waals surface area contributed by atoms with Crippen LogP contribution in [0.3, 0.4) is 0 Å². The van der Waals surface area contributed by atoms with E-state index in [0.29, 0.717) is 0 Å². The van der Waals surface area contributed by atoms with E-state index in [9.17, 15) is 0 Å². The third kappa shape index (κ3) is 4.47. The first-order chi connectivity index (χ1) is 32.7. The van der Waals surface area contributed by atoms with Crippen molar-refractivity contribution in [1.82, 2.24) is 0 Å². The molecule has 0 N–H and O–H groups in total. The van der Waals surface area contributed by atoms with E-state index in [2.05, 4.69) is 229 Å². The van der Waals surface area contributed by atoms with Crippen LogP contribution in [0.4, 0.5) is 17.1 Å². The Morgan fingerprint density at radius 2 is 0.788 bits per heavy atom. The Balaban J connectivity index is 1.09. The van der Waals surface area contributed by atoms with Gasteiger partial charge in [0.1, 0.15) is 23.0 Å². The van der Waals surface area contributed by atoms with Gasteiger partial charge in [-0.25, -0.2) is 0 Å². The molecule has 0 radical (unpaired) electrons. The third-order valence-electron chi connectivity index (χ3n) is 14.8. The van der Waals surface area contributed by atoms with Crippen LogP contribution in [0.1, 0.15) is 44.5 Å². The van der Waals surface area contributed by atoms with Gasteiger partial charge in [0.25, 0.3) is 0 Å². The maximum Gasteiger partial charge on any atom is 0.134 e. The maximum atomic E-state index is 7.14. The van der Waals surface area contributed by atoms with Crippen LogP contribution < -0.4 is 14.4 Å². The van der Waals surface area contributed by atoms with E-state index in [1.54, 1.807) is 0 Å². The Hall–Kier alpha value is -8.18. The largest absolute Gasteiger partial charge is 0.457 e. The molecule has 15 rings (SSSR count). The molecule has 0 unspecified atom stereocenters. The number of benzene rings is 10. The second-order valence-electron chi connectivity index (χ2n) is 17.8. The molecule has 66 heavy (non-hydrogen) atoms. The summed E-state index contributed by atoms with van der Waals surface area (Å²) in [5.41, 5.74) is 16.4. The predicted molar refractivity (Wildman–Crippen MR) is 269 cm³/mol. The van der Waals surface area contributed by atoms with Gasteiger partial charge in [-0.1, -0.05) is 164 Å². The lowest BCUT2D eigenvalue weighted by Gasteiger charge is -2.43. The fourth-order valence-corrected chi connectivity index (χ4v) is 13.5. The van der Waals surface area contributed by atoms with Crippen LogP contribution >= 0.6 is 11.3 Å². The summed E-state index contributed by atoms with van der Waals surface area (Å²) in [6, 6.07) is 82.4. The van der Waals surface area contributed by atoms with Crippen molar-refractivity contribution in [3.05, 3.63) is 269 Å². The van der Waals surface area contributed by atoms with Crippen LogP contribution in [0, 0.1) is 0 Å². The highest BCUT2D eigenvalue weighted by Crippen LogP contribution is 2.66. The molecular formula is C62H37NO2S. The number of para-hydroxylation sites is 2. The van der Waals surface area contributed by atoms with Gasteiger partial charge in [0.15, 0.2) is 0 Å². The summed E-state index contributed by atoms with van der Waals surface area (Å²) in [6.07, 6.45) is 0. The molecule has 1 aromatic heterocycles. The zero-order chi connectivity index (χ0) is 43.1. The molecule has 0 fully saturated rings. The number of anilines is 3. The van der Waals surface area contributed by atoms with E-state index in [4.69, 9.17) is 9.47 Å². The molecule has 0 saturated carbocycles. The van der Waals surface area contributed by atoms with Gasteiger partial charge in [0.2, 0.25) is 0 Å². The number of fused-ring (bicyclic) bond motifs is 21. The minimum Gasteiger partial charge on any atom is -0.457 e. The number of thiophene rings is 1. The molecule has 2 aliphatic carbocycles. The summed E-state index contributed by atoms with van der Waals surface area (Å²) < 4.78 is 16.6. The first kappa shape index (κ1) is 36.2. The molecule has 3 heterocycles. The summed E-state index contributed by atoms with van der Waals surface area (Å²) in [7, 11) is 0. The second kappa shape index (κ2) is 13.2. The Bertz CT molecular complexity index is 3790. The maximum absolute atomic E-state index is 7.14. The number of rotatable bonds is 3.